The van der Waals surface area contributed by atoms with E-state index in [4.69, 9.17) is 11.6 Å². The van der Waals surface area contributed by atoms with Gasteiger partial charge in [0.15, 0.2) is 0 Å². The van der Waals surface area contributed by atoms with Gasteiger partial charge in [0.25, 0.3) is 0 Å². The topological polar surface area (TPSA) is 12.0 Å². The molecule has 0 bridgehead atoms. The second-order valence-electron chi connectivity index (χ2n) is 4.54. The fourth-order valence-corrected chi connectivity index (χ4v) is 3.55. The molecule has 1 unspecified atom stereocenters. The molecule has 0 aliphatic carbocycles. The molecule has 3 rings (SSSR count). The molecular formula is C15H13ClFNS. The average molecular weight is 294 g/mol. The Bertz CT molecular complexity index is 602. The zero-order chi connectivity index (χ0) is 13.2. The van der Waals surface area contributed by atoms with Gasteiger partial charge in [0.05, 0.1) is 11.7 Å². The normalized spacial score (nSPS) is 17.9. The number of rotatable bonds is 2. The Morgan fingerprint density at radius 1 is 1.21 bits per heavy atom. The summed E-state index contributed by atoms with van der Waals surface area (Å²) in [6.45, 7) is 0. The monoisotopic (exact) mass is 293 g/mol. The van der Waals surface area contributed by atoms with Crippen LogP contribution in [0.1, 0.15) is 17.2 Å². The second kappa shape index (κ2) is 5.43. The number of benzene rings is 2. The van der Waals surface area contributed by atoms with Crippen molar-refractivity contribution in [3.05, 3.63) is 64.4 Å². The van der Waals surface area contributed by atoms with Crippen molar-refractivity contribution in [2.24, 2.45) is 0 Å². The molecular weight excluding hydrogens is 281 g/mol. The van der Waals surface area contributed by atoms with Gasteiger partial charge in [-0.05, 0) is 29.3 Å². The molecule has 19 heavy (non-hydrogen) atoms. The molecule has 2 aromatic rings. The molecule has 4 heteroatoms. The Balaban J connectivity index is 1.88. The van der Waals surface area contributed by atoms with Gasteiger partial charge in [-0.3, -0.25) is 0 Å². The number of anilines is 1. The molecule has 98 valence electrons. The van der Waals surface area contributed by atoms with E-state index in [1.54, 1.807) is 12.1 Å². The average Bonchev–Trinajstić information content (AvgIpc) is 2.42. The Morgan fingerprint density at radius 2 is 2.05 bits per heavy atom. The molecule has 0 saturated heterocycles. The smallest absolute Gasteiger partial charge is 0.147 e. The van der Waals surface area contributed by atoms with Crippen LogP contribution >= 0.6 is 23.4 Å². The van der Waals surface area contributed by atoms with E-state index in [9.17, 15) is 4.39 Å². The quantitative estimate of drug-likeness (QED) is 0.847. The second-order valence-corrected chi connectivity index (χ2v) is 6.00. The Morgan fingerprint density at radius 3 is 2.89 bits per heavy atom. The van der Waals surface area contributed by atoms with Crippen LogP contribution in [0.3, 0.4) is 0 Å². The summed E-state index contributed by atoms with van der Waals surface area (Å²) in [7, 11) is 0. The summed E-state index contributed by atoms with van der Waals surface area (Å²) in [6, 6.07) is 13.2. The highest BCUT2D eigenvalue weighted by Gasteiger charge is 2.20. The molecule has 2 aromatic carbocycles. The number of halogens is 2. The van der Waals surface area contributed by atoms with Crippen molar-refractivity contribution in [2.45, 2.75) is 11.8 Å². The zero-order valence-corrected chi connectivity index (χ0v) is 11.8. The minimum Gasteiger partial charge on any atom is -0.375 e. The lowest BCUT2D eigenvalue weighted by molar-refractivity contribution is 0.627. The highest BCUT2D eigenvalue weighted by molar-refractivity contribution is 7.98. The van der Waals surface area contributed by atoms with Crippen LogP contribution in [-0.2, 0) is 5.75 Å². The maximum Gasteiger partial charge on any atom is 0.147 e. The third-order valence-electron chi connectivity index (χ3n) is 3.23. The molecule has 0 fully saturated rings. The van der Waals surface area contributed by atoms with Gasteiger partial charge in [-0.15, -0.1) is 0 Å². The molecule has 0 aromatic heterocycles. The van der Waals surface area contributed by atoms with Gasteiger partial charge in [0, 0.05) is 16.5 Å². The van der Waals surface area contributed by atoms with Crippen LogP contribution in [0.4, 0.5) is 10.1 Å². The molecule has 1 N–H and O–H groups in total. The maximum absolute atomic E-state index is 13.8. The highest BCUT2D eigenvalue weighted by Crippen LogP contribution is 2.34. The molecule has 0 saturated carbocycles. The van der Waals surface area contributed by atoms with Gasteiger partial charge in [-0.2, -0.15) is 11.8 Å². The molecule has 1 heterocycles. The van der Waals surface area contributed by atoms with Crippen LogP contribution in [0.5, 0.6) is 0 Å². The summed E-state index contributed by atoms with van der Waals surface area (Å²) in [5.41, 5.74) is 3.09. The van der Waals surface area contributed by atoms with Gasteiger partial charge in [-0.1, -0.05) is 35.9 Å². The summed E-state index contributed by atoms with van der Waals surface area (Å²) in [6.07, 6.45) is 0. The number of nitrogens with one attached hydrogen (secondary N) is 1. The predicted molar refractivity (Wildman–Crippen MR) is 80.4 cm³/mol. The summed E-state index contributed by atoms with van der Waals surface area (Å²) in [4.78, 5) is 0. The van der Waals surface area contributed by atoms with Crippen LogP contribution in [0.2, 0.25) is 5.02 Å². The molecule has 1 aliphatic rings. The first-order valence-corrected chi connectivity index (χ1v) is 7.64. The van der Waals surface area contributed by atoms with E-state index in [0.717, 1.165) is 11.5 Å². The van der Waals surface area contributed by atoms with Crippen molar-refractivity contribution in [2.75, 3.05) is 11.1 Å². The van der Waals surface area contributed by atoms with E-state index in [-0.39, 0.29) is 11.9 Å². The predicted octanol–water partition coefficient (Wildman–Crippen LogP) is 4.88. The van der Waals surface area contributed by atoms with Crippen molar-refractivity contribution < 1.29 is 4.39 Å². The first-order chi connectivity index (χ1) is 9.24. The van der Waals surface area contributed by atoms with Crippen LogP contribution in [0, 0.1) is 5.82 Å². The van der Waals surface area contributed by atoms with Crippen LogP contribution in [0.25, 0.3) is 0 Å². The lowest BCUT2D eigenvalue weighted by atomic mass is 10.0. The van der Waals surface area contributed by atoms with Crippen LogP contribution in [0.15, 0.2) is 42.5 Å². The van der Waals surface area contributed by atoms with E-state index in [2.05, 4.69) is 17.4 Å². The molecule has 0 spiro atoms. The molecule has 1 nitrogen and oxygen atoms in total. The van der Waals surface area contributed by atoms with Crippen molar-refractivity contribution >= 4 is 29.1 Å². The summed E-state index contributed by atoms with van der Waals surface area (Å²) >= 11 is 7.63. The van der Waals surface area contributed by atoms with E-state index >= 15 is 0 Å². The lowest BCUT2D eigenvalue weighted by Crippen LogP contribution is -2.19. The molecule has 1 atom stereocenters. The zero-order valence-electron chi connectivity index (χ0n) is 10.2. The number of fused-ring (bicyclic) bond motifs is 1. The largest absolute Gasteiger partial charge is 0.375 e. The molecule has 0 radical (unpaired) electrons. The fourth-order valence-electron chi connectivity index (χ4n) is 2.30. The van der Waals surface area contributed by atoms with Gasteiger partial charge in [0.2, 0.25) is 0 Å². The summed E-state index contributed by atoms with van der Waals surface area (Å²) in [5.74, 6) is 1.66. The van der Waals surface area contributed by atoms with Gasteiger partial charge in [0.1, 0.15) is 5.82 Å². The SMILES string of the molecule is Fc1cc(Cl)ccc1NC1CSCc2ccccc21. The first kappa shape index (κ1) is 12.8. The van der Waals surface area contributed by atoms with E-state index < -0.39 is 0 Å². The minimum absolute atomic E-state index is 0.144. The van der Waals surface area contributed by atoms with Gasteiger partial charge >= 0.3 is 0 Å². The Labute approximate surface area is 121 Å². The minimum atomic E-state index is -0.305. The van der Waals surface area contributed by atoms with Crippen molar-refractivity contribution in [3.8, 4) is 0 Å². The van der Waals surface area contributed by atoms with Gasteiger partial charge in [-0.25, -0.2) is 4.39 Å². The van der Waals surface area contributed by atoms with E-state index in [0.29, 0.717) is 10.7 Å². The molecule has 0 amide bonds. The fraction of sp³-hybridized carbons (Fsp3) is 0.200. The number of hydrogen-bond acceptors (Lipinski definition) is 2. The van der Waals surface area contributed by atoms with E-state index in [1.807, 2.05) is 23.9 Å². The maximum atomic E-state index is 13.8. The van der Waals surface area contributed by atoms with Crippen molar-refractivity contribution in [3.63, 3.8) is 0 Å². The van der Waals surface area contributed by atoms with Gasteiger partial charge < -0.3 is 5.32 Å². The van der Waals surface area contributed by atoms with Crippen molar-refractivity contribution in [1.29, 1.82) is 0 Å². The number of thioether (sulfide) groups is 1. The highest BCUT2D eigenvalue weighted by atomic mass is 35.5. The molecule has 1 aliphatic heterocycles. The Hall–Kier alpha value is -1.19. The van der Waals surface area contributed by atoms with Crippen LogP contribution < -0.4 is 5.32 Å². The van der Waals surface area contributed by atoms with E-state index in [1.165, 1.54) is 17.2 Å². The third kappa shape index (κ3) is 2.72. The summed E-state index contributed by atoms with van der Waals surface area (Å²) in [5, 5.41) is 3.70. The van der Waals surface area contributed by atoms with Crippen LogP contribution in [-0.4, -0.2) is 5.75 Å². The first-order valence-electron chi connectivity index (χ1n) is 6.11. The standard InChI is InChI=1S/C15H13ClFNS/c16-11-5-6-14(13(17)7-11)18-15-9-19-8-10-3-1-2-4-12(10)15/h1-7,15,18H,8-9H2. The Kier molecular flexibility index (Phi) is 3.67. The van der Waals surface area contributed by atoms with Crippen molar-refractivity contribution in [1.82, 2.24) is 0 Å². The number of hydrogen-bond donors (Lipinski definition) is 1. The third-order valence-corrected chi connectivity index (χ3v) is 4.55. The lowest BCUT2D eigenvalue weighted by Gasteiger charge is -2.27. The summed E-state index contributed by atoms with van der Waals surface area (Å²) < 4.78 is 13.8.